The van der Waals surface area contributed by atoms with E-state index in [2.05, 4.69) is 37.3 Å². The number of hydrogen-bond acceptors (Lipinski definition) is 5. The molecule has 174 valence electrons. The molecule has 1 N–H and O–H groups in total. The monoisotopic (exact) mass is 448 g/mol. The fraction of sp³-hybridized carbons (Fsp3) is 0.444. The highest BCUT2D eigenvalue weighted by Crippen LogP contribution is 2.71. The number of carbonyl (C=O) groups excluding carboxylic acids is 2. The highest BCUT2D eigenvalue weighted by atomic mass is 16.7. The fourth-order valence-corrected chi connectivity index (χ4v) is 5.70. The van der Waals surface area contributed by atoms with E-state index in [1.54, 1.807) is 31.4 Å². The van der Waals surface area contributed by atoms with Gasteiger partial charge in [-0.2, -0.15) is 0 Å². The van der Waals surface area contributed by atoms with Crippen LogP contribution in [0, 0.1) is 30.1 Å². The van der Waals surface area contributed by atoms with E-state index < -0.39 is 11.4 Å². The van der Waals surface area contributed by atoms with Gasteiger partial charge in [-0.3, -0.25) is 4.79 Å². The van der Waals surface area contributed by atoms with Crippen molar-refractivity contribution in [3.05, 3.63) is 59.2 Å². The second-order valence-corrected chi connectivity index (χ2v) is 10.2. The molecule has 0 saturated heterocycles. The van der Waals surface area contributed by atoms with Crippen LogP contribution in [0.1, 0.15) is 61.5 Å². The third kappa shape index (κ3) is 3.62. The Balaban J connectivity index is 1.57. The van der Waals surface area contributed by atoms with Crippen LogP contribution in [0.25, 0.3) is 0 Å². The Kier molecular flexibility index (Phi) is 5.59. The first-order valence-electron chi connectivity index (χ1n) is 11.3. The lowest BCUT2D eigenvalue weighted by Gasteiger charge is -2.39. The molecule has 4 rings (SSSR count). The molecule has 0 aliphatic heterocycles. The number of benzene rings is 2. The predicted octanol–water partition coefficient (Wildman–Crippen LogP) is 5.68. The first-order valence-corrected chi connectivity index (χ1v) is 11.3. The first-order chi connectivity index (χ1) is 15.5. The Labute approximate surface area is 195 Å². The zero-order chi connectivity index (χ0) is 24.0. The summed E-state index contributed by atoms with van der Waals surface area (Å²) < 4.78 is 5.13. The van der Waals surface area contributed by atoms with Crippen molar-refractivity contribution in [2.75, 3.05) is 12.4 Å². The topological polar surface area (TPSA) is 77.0 Å². The van der Waals surface area contributed by atoms with Crippen LogP contribution in [-0.2, 0) is 9.63 Å². The summed E-state index contributed by atoms with van der Waals surface area (Å²) in [5.74, 6) is 0.146. The summed E-state index contributed by atoms with van der Waals surface area (Å²) in [5.41, 5.74) is 2.93. The number of anilines is 1. The minimum Gasteiger partial charge on any atom is -0.497 e. The Hall–Kier alpha value is -3.15. The normalized spacial score (nSPS) is 26.3. The van der Waals surface area contributed by atoms with E-state index in [1.165, 1.54) is 0 Å². The summed E-state index contributed by atoms with van der Waals surface area (Å²) >= 11 is 0. The molecule has 1 amide bonds. The highest BCUT2D eigenvalue weighted by molar-refractivity contribution is 6.06. The van der Waals surface area contributed by atoms with Gasteiger partial charge in [-0.25, -0.2) is 4.79 Å². The Morgan fingerprint density at radius 3 is 2.21 bits per heavy atom. The molecule has 0 radical (unpaired) electrons. The number of hydrogen-bond donors (Lipinski definition) is 1. The lowest BCUT2D eigenvalue weighted by atomic mass is 9.64. The number of aryl methyl sites for hydroxylation is 2. The van der Waals surface area contributed by atoms with Crippen LogP contribution >= 0.6 is 0 Å². The average Bonchev–Trinajstić information content (AvgIpc) is 3.07. The third-order valence-corrected chi connectivity index (χ3v) is 8.21. The van der Waals surface area contributed by atoms with Gasteiger partial charge < -0.3 is 14.9 Å². The van der Waals surface area contributed by atoms with E-state index in [0.29, 0.717) is 17.7 Å². The van der Waals surface area contributed by atoms with Gasteiger partial charge >= 0.3 is 5.97 Å². The van der Waals surface area contributed by atoms with Crippen molar-refractivity contribution in [1.82, 2.24) is 0 Å². The Morgan fingerprint density at radius 1 is 0.970 bits per heavy atom. The highest BCUT2D eigenvalue weighted by Gasteiger charge is 2.71. The molecule has 2 atom stereocenters. The quantitative estimate of drug-likeness (QED) is 0.472. The molecule has 2 aromatic rings. The van der Waals surface area contributed by atoms with Crippen LogP contribution in [-0.4, -0.2) is 24.7 Å². The summed E-state index contributed by atoms with van der Waals surface area (Å²) in [6, 6.07) is 12.8. The maximum Gasteiger partial charge on any atom is 0.365 e. The molecule has 0 heterocycles. The molecule has 33 heavy (non-hydrogen) atoms. The van der Waals surface area contributed by atoms with E-state index in [-0.39, 0.29) is 16.7 Å². The van der Waals surface area contributed by atoms with Gasteiger partial charge in [0.15, 0.2) is 0 Å². The molecule has 2 aliphatic carbocycles. The van der Waals surface area contributed by atoms with Gasteiger partial charge in [-0.15, -0.1) is 0 Å². The van der Waals surface area contributed by atoms with Gasteiger partial charge in [0, 0.05) is 17.5 Å². The third-order valence-electron chi connectivity index (χ3n) is 8.21. The van der Waals surface area contributed by atoms with Crippen LogP contribution in [0.4, 0.5) is 5.69 Å². The van der Waals surface area contributed by atoms with Gasteiger partial charge in [-0.05, 0) is 79.6 Å². The van der Waals surface area contributed by atoms with Gasteiger partial charge in [0.25, 0.3) is 0 Å². The zero-order valence-electron chi connectivity index (χ0n) is 20.2. The molecular weight excluding hydrogens is 416 g/mol. The van der Waals surface area contributed by atoms with Crippen molar-refractivity contribution in [3.8, 4) is 5.75 Å². The molecule has 2 saturated carbocycles. The van der Waals surface area contributed by atoms with E-state index >= 15 is 0 Å². The summed E-state index contributed by atoms with van der Waals surface area (Å²) in [4.78, 5) is 31.5. The summed E-state index contributed by atoms with van der Waals surface area (Å²) in [6.45, 7) is 10.4. The van der Waals surface area contributed by atoms with Gasteiger partial charge in [0.05, 0.1) is 23.8 Å². The molecule has 6 heteroatoms. The Morgan fingerprint density at radius 2 is 1.61 bits per heavy atom. The molecule has 2 bridgehead atoms. The number of methoxy groups -OCH3 is 1. The minimum atomic E-state index is -0.606. The second-order valence-electron chi connectivity index (χ2n) is 10.2. The molecule has 0 aromatic heterocycles. The molecule has 2 unspecified atom stereocenters. The molecule has 2 fully saturated rings. The number of ether oxygens (including phenoxy) is 1. The standard InChI is InChI=1S/C27H32N2O4/c1-17-13-18(2)15-20(14-17)28-24(31)27-12-11-26(5,25(27,3)4)22(16-27)29-33-23(30)19-7-9-21(32-6)10-8-19/h7-10,13-15H,11-12,16H2,1-6H3,(H,28,31). The van der Waals surface area contributed by atoms with Crippen molar-refractivity contribution >= 4 is 23.3 Å². The van der Waals surface area contributed by atoms with Crippen LogP contribution in [0.2, 0.25) is 0 Å². The fourth-order valence-electron chi connectivity index (χ4n) is 5.70. The van der Waals surface area contributed by atoms with Crippen molar-refractivity contribution in [1.29, 1.82) is 0 Å². The van der Waals surface area contributed by atoms with Crippen molar-refractivity contribution in [2.45, 2.75) is 53.9 Å². The number of oxime groups is 1. The molecule has 2 aromatic carbocycles. The summed E-state index contributed by atoms with van der Waals surface area (Å²) in [6.07, 6.45) is 2.07. The van der Waals surface area contributed by atoms with Crippen LogP contribution in [0.15, 0.2) is 47.6 Å². The van der Waals surface area contributed by atoms with Crippen molar-refractivity contribution in [3.63, 3.8) is 0 Å². The number of nitrogens with zero attached hydrogens (tertiary/aromatic N) is 1. The van der Waals surface area contributed by atoms with Gasteiger partial charge in [0.1, 0.15) is 5.75 Å². The molecule has 6 nitrogen and oxygen atoms in total. The zero-order valence-corrected chi connectivity index (χ0v) is 20.2. The van der Waals surface area contributed by atoms with Gasteiger partial charge in [-0.1, -0.05) is 32.0 Å². The SMILES string of the molecule is COc1ccc(C(=O)ON=C2CC3(C(=O)Nc4cc(C)cc(C)c4)CCC2(C)C3(C)C)cc1. The average molecular weight is 449 g/mol. The summed E-state index contributed by atoms with van der Waals surface area (Å²) in [7, 11) is 1.57. The van der Waals surface area contributed by atoms with E-state index in [0.717, 1.165) is 35.4 Å². The van der Waals surface area contributed by atoms with Crippen LogP contribution in [0.5, 0.6) is 5.75 Å². The van der Waals surface area contributed by atoms with Crippen LogP contribution < -0.4 is 10.1 Å². The molecule has 2 aliphatic rings. The maximum absolute atomic E-state index is 13.7. The molecular formula is C27H32N2O4. The second kappa shape index (κ2) is 8.01. The van der Waals surface area contributed by atoms with Crippen molar-refractivity contribution in [2.24, 2.45) is 21.4 Å². The van der Waals surface area contributed by atoms with Crippen LogP contribution in [0.3, 0.4) is 0 Å². The van der Waals surface area contributed by atoms with Crippen molar-refractivity contribution < 1.29 is 19.2 Å². The van der Waals surface area contributed by atoms with Gasteiger partial charge in [0.2, 0.25) is 5.91 Å². The molecule has 0 spiro atoms. The Bertz CT molecular complexity index is 1120. The smallest absolute Gasteiger partial charge is 0.365 e. The predicted molar refractivity (Wildman–Crippen MR) is 129 cm³/mol. The number of fused-ring (bicyclic) bond motifs is 2. The number of rotatable bonds is 5. The number of amides is 1. The largest absolute Gasteiger partial charge is 0.497 e. The maximum atomic E-state index is 13.7. The van der Waals surface area contributed by atoms with E-state index in [1.807, 2.05) is 26.0 Å². The minimum absolute atomic E-state index is 0.00732. The van der Waals surface area contributed by atoms with E-state index in [9.17, 15) is 9.59 Å². The number of carbonyl (C=O) groups is 2. The lowest BCUT2D eigenvalue weighted by Crippen LogP contribution is -2.43. The summed E-state index contributed by atoms with van der Waals surface area (Å²) in [5, 5.41) is 7.48. The lowest BCUT2D eigenvalue weighted by molar-refractivity contribution is -0.130. The number of nitrogens with one attached hydrogen (secondary N) is 1. The van der Waals surface area contributed by atoms with E-state index in [4.69, 9.17) is 9.57 Å². The first kappa shape index (κ1) is 23.0.